The number of rotatable bonds is 3. The average Bonchev–Trinajstić information content (AvgIpc) is 2.19. The van der Waals surface area contributed by atoms with Crippen LogP contribution in [0.15, 0.2) is 6.20 Å². The van der Waals surface area contributed by atoms with E-state index in [9.17, 15) is 4.79 Å². The van der Waals surface area contributed by atoms with Gasteiger partial charge in [0.15, 0.2) is 5.69 Å². The molecule has 0 amide bonds. The average molecular weight is 194 g/mol. The lowest BCUT2D eigenvalue weighted by Gasteiger charge is -2.04. The smallest absolute Gasteiger partial charge is 0.357 e. The molecule has 0 aliphatic rings. The standard InChI is InChI=1S/C10H14N2O2/c1-4-8-11-6-7(3)9(12-8)10(13)14-5-2/h6H,4-5H2,1-3H3. The van der Waals surface area contributed by atoms with Gasteiger partial charge >= 0.3 is 5.97 Å². The summed E-state index contributed by atoms with van der Waals surface area (Å²) in [5, 5.41) is 0. The van der Waals surface area contributed by atoms with Crippen molar-refractivity contribution in [2.24, 2.45) is 0 Å². The third-order valence-corrected chi connectivity index (χ3v) is 1.81. The molecule has 0 aliphatic carbocycles. The molecule has 0 N–H and O–H groups in total. The molecule has 0 aromatic carbocycles. The number of aryl methyl sites for hydroxylation is 2. The molecule has 4 heteroatoms. The summed E-state index contributed by atoms with van der Waals surface area (Å²) in [6.45, 7) is 5.88. The van der Waals surface area contributed by atoms with Crippen molar-refractivity contribution in [3.63, 3.8) is 0 Å². The Morgan fingerprint density at radius 3 is 2.79 bits per heavy atom. The van der Waals surface area contributed by atoms with Gasteiger partial charge in [0.25, 0.3) is 0 Å². The number of nitrogens with zero attached hydrogens (tertiary/aromatic N) is 2. The lowest BCUT2D eigenvalue weighted by molar-refractivity contribution is 0.0518. The molecule has 4 nitrogen and oxygen atoms in total. The third kappa shape index (κ3) is 2.28. The first-order chi connectivity index (χ1) is 6.69. The lowest BCUT2D eigenvalue weighted by Crippen LogP contribution is -2.11. The van der Waals surface area contributed by atoms with E-state index in [4.69, 9.17) is 4.74 Å². The van der Waals surface area contributed by atoms with Gasteiger partial charge in [0.1, 0.15) is 5.82 Å². The summed E-state index contributed by atoms with van der Waals surface area (Å²) in [4.78, 5) is 19.6. The van der Waals surface area contributed by atoms with E-state index in [1.165, 1.54) is 0 Å². The van der Waals surface area contributed by atoms with Gasteiger partial charge in [0.2, 0.25) is 0 Å². The van der Waals surface area contributed by atoms with Crippen LogP contribution in [0.25, 0.3) is 0 Å². The first kappa shape index (κ1) is 10.6. The molecule has 1 rings (SSSR count). The molecule has 0 fully saturated rings. The van der Waals surface area contributed by atoms with Crippen LogP contribution in [0.1, 0.15) is 35.7 Å². The Morgan fingerprint density at radius 1 is 1.50 bits per heavy atom. The predicted molar refractivity (Wildman–Crippen MR) is 52.1 cm³/mol. The van der Waals surface area contributed by atoms with Crippen molar-refractivity contribution < 1.29 is 9.53 Å². The number of hydrogen-bond donors (Lipinski definition) is 0. The molecule has 1 heterocycles. The number of carbonyl (C=O) groups is 1. The fourth-order valence-electron chi connectivity index (χ4n) is 1.06. The van der Waals surface area contributed by atoms with E-state index in [-0.39, 0.29) is 5.97 Å². The van der Waals surface area contributed by atoms with Crippen LogP contribution in [0.3, 0.4) is 0 Å². The maximum Gasteiger partial charge on any atom is 0.357 e. The minimum Gasteiger partial charge on any atom is -0.461 e. The van der Waals surface area contributed by atoms with E-state index in [0.29, 0.717) is 24.5 Å². The van der Waals surface area contributed by atoms with E-state index in [0.717, 1.165) is 5.56 Å². The second kappa shape index (κ2) is 4.69. The largest absolute Gasteiger partial charge is 0.461 e. The Morgan fingerprint density at radius 2 is 2.21 bits per heavy atom. The zero-order chi connectivity index (χ0) is 10.6. The van der Waals surface area contributed by atoms with Gasteiger partial charge in [-0.15, -0.1) is 0 Å². The van der Waals surface area contributed by atoms with E-state index in [1.54, 1.807) is 20.0 Å². The van der Waals surface area contributed by atoms with Crippen LogP contribution >= 0.6 is 0 Å². The number of hydrogen-bond acceptors (Lipinski definition) is 4. The fraction of sp³-hybridized carbons (Fsp3) is 0.500. The van der Waals surface area contributed by atoms with Crippen molar-refractivity contribution in [1.82, 2.24) is 9.97 Å². The Hall–Kier alpha value is -1.45. The Labute approximate surface area is 83.3 Å². The summed E-state index contributed by atoms with van der Waals surface area (Å²) in [6.07, 6.45) is 2.37. The molecular weight excluding hydrogens is 180 g/mol. The maximum absolute atomic E-state index is 11.4. The van der Waals surface area contributed by atoms with Crippen LogP contribution < -0.4 is 0 Å². The fourth-order valence-corrected chi connectivity index (χ4v) is 1.06. The molecule has 0 radical (unpaired) electrons. The van der Waals surface area contributed by atoms with Crippen LogP contribution in [-0.4, -0.2) is 22.5 Å². The molecule has 0 atom stereocenters. The Kier molecular flexibility index (Phi) is 3.56. The molecule has 0 saturated carbocycles. The summed E-state index contributed by atoms with van der Waals surface area (Å²) in [7, 11) is 0. The van der Waals surface area contributed by atoms with Crippen LogP contribution in [0, 0.1) is 6.92 Å². The highest BCUT2D eigenvalue weighted by Crippen LogP contribution is 2.06. The van der Waals surface area contributed by atoms with Crippen LogP contribution in [-0.2, 0) is 11.2 Å². The Balaban J connectivity index is 2.99. The monoisotopic (exact) mass is 194 g/mol. The maximum atomic E-state index is 11.4. The summed E-state index contributed by atoms with van der Waals surface area (Å²) in [5.41, 5.74) is 1.12. The van der Waals surface area contributed by atoms with Crippen LogP contribution in [0.4, 0.5) is 0 Å². The molecule has 0 unspecified atom stereocenters. The van der Waals surface area contributed by atoms with Crippen LogP contribution in [0.2, 0.25) is 0 Å². The highest BCUT2D eigenvalue weighted by Gasteiger charge is 2.12. The molecule has 76 valence electrons. The molecule has 0 spiro atoms. The number of carbonyl (C=O) groups excluding carboxylic acids is 1. The van der Waals surface area contributed by atoms with Gasteiger partial charge in [0.05, 0.1) is 6.61 Å². The van der Waals surface area contributed by atoms with E-state index in [1.807, 2.05) is 6.92 Å². The summed E-state index contributed by atoms with van der Waals surface area (Å²) < 4.78 is 4.88. The normalized spacial score (nSPS) is 9.93. The van der Waals surface area contributed by atoms with Gasteiger partial charge in [0, 0.05) is 18.2 Å². The van der Waals surface area contributed by atoms with Crippen molar-refractivity contribution in [2.75, 3.05) is 6.61 Å². The second-order valence-electron chi connectivity index (χ2n) is 2.89. The number of ether oxygens (including phenoxy) is 1. The van der Waals surface area contributed by atoms with Crippen molar-refractivity contribution in [2.45, 2.75) is 27.2 Å². The highest BCUT2D eigenvalue weighted by molar-refractivity contribution is 5.88. The van der Waals surface area contributed by atoms with Gasteiger partial charge in [-0.2, -0.15) is 0 Å². The minimum atomic E-state index is -0.373. The zero-order valence-electron chi connectivity index (χ0n) is 8.70. The molecule has 1 aromatic rings. The van der Waals surface area contributed by atoms with Gasteiger partial charge in [-0.25, -0.2) is 14.8 Å². The third-order valence-electron chi connectivity index (χ3n) is 1.81. The summed E-state index contributed by atoms with van der Waals surface area (Å²) in [5.74, 6) is 0.292. The van der Waals surface area contributed by atoms with Crippen molar-refractivity contribution >= 4 is 5.97 Å². The first-order valence-electron chi connectivity index (χ1n) is 4.68. The topological polar surface area (TPSA) is 52.1 Å². The first-order valence-corrected chi connectivity index (χ1v) is 4.68. The van der Waals surface area contributed by atoms with Crippen molar-refractivity contribution in [1.29, 1.82) is 0 Å². The predicted octanol–water partition coefficient (Wildman–Crippen LogP) is 1.52. The lowest BCUT2D eigenvalue weighted by atomic mass is 10.2. The van der Waals surface area contributed by atoms with Crippen molar-refractivity contribution in [3.05, 3.63) is 23.3 Å². The Bertz CT molecular complexity index is 337. The number of esters is 1. The highest BCUT2D eigenvalue weighted by atomic mass is 16.5. The second-order valence-corrected chi connectivity index (χ2v) is 2.89. The number of aromatic nitrogens is 2. The van der Waals surface area contributed by atoms with Gasteiger partial charge in [-0.1, -0.05) is 6.92 Å². The summed E-state index contributed by atoms with van der Waals surface area (Å²) >= 11 is 0. The van der Waals surface area contributed by atoms with Crippen molar-refractivity contribution in [3.8, 4) is 0 Å². The molecule has 14 heavy (non-hydrogen) atoms. The van der Waals surface area contributed by atoms with E-state index >= 15 is 0 Å². The molecule has 0 aliphatic heterocycles. The molecular formula is C10H14N2O2. The molecule has 0 bridgehead atoms. The molecule has 1 aromatic heterocycles. The van der Waals surface area contributed by atoms with Gasteiger partial charge < -0.3 is 4.74 Å². The van der Waals surface area contributed by atoms with E-state index < -0.39 is 0 Å². The van der Waals surface area contributed by atoms with Crippen LogP contribution in [0.5, 0.6) is 0 Å². The van der Waals surface area contributed by atoms with E-state index in [2.05, 4.69) is 9.97 Å². The van der Waals surface area contributed by atoms with Gasteiger partial charge in [-0.3, -0.25) is 0 Å². The molecule has 0 saturated heterocycles. The van der Waals surface area contributed by atoms with Gasteiger partial charge in [-0.05, 0) is 13.8 Å². The minimum absolute atomic E-state index is 0.365. The summed E-state index contributed by atoms with van der Waals surface area (Å²) in [6, 6.07) is 0. The quantitative estimate of drug-likeness (QED) is 0.684. The SMILES string of the molecule is CCOC(=O)c1nc(CC)ncc1C. The zero-order valence-corrected chi connectivity index (χ0v) is 8.70.